The first-order valence-corrected chi connectivity index (χ1v) is 5.52. The van der Waals surface area contributed by atoms with Gasteiger partial charge in [0.1, 0.15) is 0 Å². The first kappa shape index (κ1) is 13.4. The topological polar surface area (TPSA) is 136 Å². The Kier molecular flexibility index (Phi) is 4.17. The molecule has 0 bridgehead atoms. The number of nitro benzene ring substituents is 1. The lowest BCUT2D eigenvalue weighted by Crippen LogP contribution is -2.28. The molecular weight excluding hydrogens is 268 g/mol. The summed E-state index contributed by atoms with van der Waals surface area (Å²) in [5.74, 6) is -0.0933. The van der Waals surface area contributed by atoms with Crippen molar-refractivity contribution in [3.8, 4) is 5.75 Å². The van der Waals surface area contributed by atoms with Gasteiger partial charge in [0.15, 0.2) is 18.2 Å². The summed E-state index contributed by atoms with van der Waals surface area (Å²) in [5, 5.41) is 26.1. The van der Waals surface area contributed by atoms with Gasteiger partial charge < -0.3 is 10.1 Å². The molecule has 1 aromatic heterocycles. The normalized spacial score (nSPS) is 10.0. The van der Waals surface area contributed by atoms with Crippen molar-refractivity contribution in [3.05, 3.63) is 40.2 Å². The van der Waals surface area contributed by atoms with E-state index in [4.69, 9.17) is 4.74 Å². The number of carbonyl (C=O) groups is 1. The fourth-order valence-corrected chi connectivity index (χ4v) is 1.36. The number of ether oxygens (including phenoxy) is 1. The van der Waals surface area contributed by atoms with Gasteiger partial charge in [-0.3, -0.25) is 14.9 Å². The number of nitrogens with one attached hydrogen (secondary N) is 2. The number of tetrazole rings is 1. The van der Waals surface area contributed by atoms with Gasteiger partial charge >= 0.3 is 5.69 Å². The molecule has 2 N–H and O–H groups in total. The van der Waals surface area contributed by atoms with Gasteiger partial charge in [-0.05, 0) is 6.07 Å². The van der Waals surface area contributed by atoms with E-state index in [1.54, 1.807) is 6.07 Å². The number of aromatic amines is 1. The minimum absolute atomic E-state index is 0.0345. The Morgan fingerprint density at radius 2 is 2.25 bits per heavy atom. The van der Waals surface area contributed by atoms with Crippen molar-refractivity contribution in [1.29, 1.82) is 0 Å². The third-order valence-electron chi connectivity index (χ3n) is 2.25. The maximum absolute atomic E-state index is 11.5. The summed E-state index contributed by atoms with van der Waals surface area (Å²) in [4.78, 5) is 21.7. The number of carbonyl (C=O) groups excluding carboxylic acids is 1. The maximum Gasteiger partial charge on any atom is 0.310 e. The molecule has 0 aliphatic heterocycles. The molecule has 0 unspecified atom stereocenters. The number of rotatable bonds is 6. The Bertz CT molecular complexity index is 600. The van der Waals surface area contributed by atoms with E-state index in [1.807, 2.05) is 0 Å². The third kappa shape index (κ3) is 3.48. The van der Waals surface area contributed by atoms with Crippen LogP contribution in [0.5, 0.6) is 5.75 Å². The molecule has 0 aliphatic rings. The molecule has 2 rings (SSSR count). The molecule has 0 saturated carbocycles. The van der Waals surface area contributed by atoms with Crippen LogP contribution in [-0.2, 0) is 11.3 Å². The second-order valence-electron chi connectivity index (χ2n) is 3.62. The number of aromatic nitrogens is 4. The molecular formula is C10H10N6O4. The largest absolute Gasteiger partial charge is 0.477 e. The highest BCUT2D eigenvalue weighted by molar-refractivity contribution is 5.77. The van der Waals surface area contributed by atoms with Crippen LogP contribution in [0.2, 0.25) is 0 Å². The number of nitrogens with zero attached hydrogens (tertiary/aromatic N) is 4. The molecule has 0 fully saturated rings. The average molecular weight is 278 g/mol. The number of amides is 1. The second kappa shape index (κ2) is 6.22. The van der Waals surface area contributed by atoms with Crippen LogP contribution in [0.4, 0.5) is 5.69 Å². The van der Waals surface area contributed by atoms with E-state index in [1.165, 1.54) is 18.2 Å². The fraction of sp³-hybridized carbons (Fsp3) is 0.200. The smallest absolute Gasteiger partial charge is 0.310 e. The molecule has 104 valence electrons. The van der Waals surface area contributed by atoms with Crippen LogP contribution in [-0.4, -0.2) is 38.1 Å². The SMILES string of the molecule is O=C(COc1ccccc1[N+](=O)[O-])NCc1nn[nH]n1. The van der Waals surface area contributed by atoms with E-state index in [-0.39, 0.29) is 24.6 Å². The van der Waals surface area contributed by atoms with Crippen molar-refractivity contribution in [2.24, 2.45) is 0 Å². The standard InChI is InChI=1S/C10H10N6O4/c17-10(11-5-9-12-14-15-13-9)6-20-8-4-2-1-3-7(8)16(18)19/h1-4H,5-6H2,(H,11,17)(H,12,13,14,15). The van der Waals surface area contributed by atoms with Crippen LogP contribution >= 0.6 is 0 Å². The molecule has 0 radical (unpaired) electrons. The molecule has 20 heavy (non-hydrogen) atoms. The highest BCUT2D eigenvalue weighted by Gasteiger charge is 2.14. The van der Waals surface area contributed by atoms with Crippen molar-refractivity contribution in [2.75, 3.05) is 6.61 Å². The van der Waals surface area contributed by atoms with Crippen molar-refractivity contribution in [1.82, 2.24) is 25.9 Å². The lowest BCUT2D eigenvalue weighted by molar-refractivity contribution is -0.385. The monoisotopic (exact) mass is 278 g/mol. The average Bonchev–Trinajstić information content (AvgIpc) is 2.96. The minimum Gasteiger partial charge on any atom is -0.477 e. The Morgan fingerprint density at radius 1 is 1.45 bits per heavy atom. The van der Waals surface area contributed by atoms with Crippen molar-refractivity contribution < 1.29 is 14.5 Å². The van der Waals surface area contributed by atoms with Crippen molar-refractivity contribution in [3.63, 3.8) is 0 Å². The first-order valence-electron chi connectivity index (χ1n) is 5.52. The molecule has 10 nitrogen and oxygen atoms in total. The quantitative estimate of drug-likeness (QED) is 0.551. The minimum atomic E-state index is -0.577. The summed E-state index contributed by atoms with van der Waals surface area (Å²) in [6, 6.07) is 5.82. The number of nitro groups is 1. The molecule has 0 saturated heterocycles. The molecule has 10 heteroatoms. The summed E-state index contributed by atoms with van der Waals surface area (Å²) in [6.45, 7) is -0.252. The van der Waals surface area contributed by atoms with Crippen LogP contribution in [0.25, 0.3) is 0 Å². The lowest BCUT2D eigenvalue weighted by atomic mass is 10.3. The number of benzene rings is 1. The maximum atomic E-state index is 11.5. The molecule has 2 aromatic rings. The van der Waals surface area contributed by atoms with E-state index >= 15 is 0 Å². The van der Waals surface area contributed by atoms with Gasteiger partial charge in [0.05, 0.1) is 11.5 Å². The highest BCUT2D eigenvalue weighted by atomic mass is 16.6. The van der Waals surface area contributed by atoms with Gasteiger partial charge in [-0.1, -0.05) is 17.3 Å². The Balaban J connectivity index is 1.85. The number of para-hydroxylation sites is 2. The van der Waals surface area contributed by atoms with Gasteiger partial charge in [0, 0.05) is 6.07 Å². The van der Waals surface area contributed by atoms with E-state index in [0.717, 1.165) is 0 Å². The molecule has 1 heterocycles. The Hall–Kier alpha value is -3.04. The van der Waals surface area contributed by atoms with Crippen molar-refractivity contribution >= 4 is 11.6 Å². The predicted octanol–water partition coefficient (Wildman–Crippen LogP) is -0.197. The summed E-state index contributed by atoms with van der Waals surface area (Å²) >= 11 is 0. The Morgan fingerprint density at radius 3 is 2.95 bits per heavy atom. The van der Waals surface area contributed by atoms with E-state index in [0.29, 0.717) is 5.82 Å². The highest BCUT2D eigenvalue weighted by Crippen LogP contribution is 2.25. The third-order valence-corrected chi connectivity index (χ3v) is 2.25. The molecule has 1 amide bonds. The van der Waals surface area contributed by atoms with Gasteiger partial charge in [-0.25, -0.2) is 0 Å². The summed E-state index contributed by atoms with van der Waals surface area (Å²) in [6.07, 6.45) is 0. The van der Waals surface area contributed by atoms with Crippen LogP contribution in [0.1, 0.15) is 5.82 Å². The lowest BCUT2D eigenvalue weighted by Gasteiger charge is -2.06. The zero-order valence-corrected chi connectivity index (χ0v) is 10.1. The van der Waals surface area contributed by atoms with E-state index in [9.17, 15) is 14.9 Å². The summed E-state index contributed by atoms with van der Waals surface area (Å²) < 4.78 is 5.11. The Labute approximate surface area is 112 Å². The van der Waals surface area contributed by atoms with Crippen molar-refractivity contribution in [2.45, 2.75) is 6.54 Å². The molecule has 0 aliphatic carbocycles. The van der Waals surface area contributed by atoms with Gasteiger partial charge in [0.2, 0.25) is 0 Å². The molecule has 0 atom stereocenters. The predicted molar refractivity (Wildman–Crippen MR) is 64.6 cm³/mol. The van der Waals surface area contributed by atoms with E-state index in [2.05, 4.69) is 25.9 Å². The van der Waals surface area contributed by atoms with Crippen LogP contribution < -0.4 is 10.1 Å². The van der Waals surface area contributed by atoms with Gasteiger partial charge in [-0.2, -0.15) is 5.21 Å². The number of H-pyrrole nitrogens is 1. The first-order chi connectivity index (χ1) is 9.66. The molecule has 0 spiro atoms. The number of hydrogen-bond donors (Lipinski definition) is 2. The zero-order valence-electron chi connectivity index (χ0n) is 10.1. The van der Waals surface area contributed by atoms with Crippen LogP contribution in [0.15, 0.2) is 24.3 Å². The van der Waals surface area contributed by atoms with Gasteiger partial charge in [-0.15, -0.1) is 10.2 Å². The summed E-state index contributed by atoms with van der Waals surface area (Å²) in [7, 11) is 0. The zero-order chi connectivity index (χ0) is 14.4. The summed E-state index contributed by atoms with van der Waals surface area (Å²) in [5.41, 5.74) is -0.196. The van der Waals surface area contributed by atoms with Crippen LogP contribution in [0.3, 0.4) is 0 Å². The van der Waals surface area contributed by atoms with Crippen LogP contribution in [0, 0.1) is 10.1 Å². The van der Waals surface area contributed by atoms with Gasteiger partial charge in [0.25, 0.3) is 5.91 Å². The second-order valence-corrected chi connectivity index (χ2v) is 3.62. The molecule has 1 aromatic carbocycles. The fourth-order valence-electron chi connectivity index (χ4n) is 1.36. The number of hydrogen-bond acceptors (Lipinski definition) is 7. The van der Waals surface area contributed by atoms with E-state index < -0.39 is 10.8 Å².